The monoisotopic (exact) mass is 533 g/mol. The number of hydrogen-bond donors (Lipinski definition) is 2. The van der Waals surface area contributed by atoms with Crippen LogP contribution in [0.1, 0.15) is 16.7 Å². The number of para-hydroxylation sites is 1. The van der Waals surface area contributed by atoms with Crippen LogP contribution in [0.15, 0.2) is 79.0 Å². The molecule has 8 nitrogen and oxygen atoms in total. The number of carbonyl (C=O) groups is 3. The number of allylic oxidation sites excluding steroid dienone is 1. The number of amides is 4. The van der Waals surface area contributed by atoms with Crippen LogP contribution in [-0.2, 0) is 22.6 Å². The van der Waals surface area contributed by atoms with Gasteiger partial charge in [-0.1, -0.05) is 30.3 Å². The van der Waals surface area contributed by atoms with Gasteiger partial charge in [0.05, 0.1) is 12.8 Å². The summed E-state index contributed by atoms with van der Waals surface area (Å²) < 4.78 is 38.6. The summed E-state index contributed by atoms with van der Waals surface area (Å²) in [5.74, 6) is -1.61. The molecule has 3 aromatic rings. The van der Waals surface area contributed by atoms with Crippen molar-refractivity contribution in [1.82, 2.24) is 10.2 Å². The Morgan fingerprint density at radius 3 is 2.54 bits per heavy atom. The van der Waals surface area contributed by atoms with Gasteiger partial charge in [-0.05, 0) is 60.0 Å². The maximum Gasteiger partial charge on any atom is 0.329 e. The number of hydrogen-bond acceptors (Lipinski definition) is 5. The van der Waals surface area contributed by atoms with Crippen molar-refractivity contribution in [2.24, 2.45) is 0 Å². The van der Waals surface area contributed by atoms with Gasteiger partial charge in [0, 0.05) is 5.56 Å². The van der Waals surface area contributed by atoms with Gasteiger partial charge in [0.15, 0.2) is 11.5 Å². The van der Waals surface area contributed by atoms with Crippen LogP contribution in [0.3, 0.4) is 0 Å². The van der Waals surface area contributed by atoms with Gasteiger partial charge in [-0.15, -0.1) is 6.58 Å². The van der Waals surface area contributed by atoms with E-state index in [0.29, 0.717) is 29.0 Å². The first kappa shape index (κ1) is 27.1. The molecule has 1 saturated heterocycles. The number of urea groups is 1. The Morgan fingerprint density at radius 2 is 1.85 bits per heavy atom. The highest BCUT2D eigenvalue weighted by atomic mass is 19.1. The summed E-state index contributed by atoms with van der Waals surface area (Å²) in [6.45, 7) is 3.34. The van der Waals surface area contributed by atoms with Crippen molar-refractivity contribution in [2.45, 2.75) is 13.0 Å². The molecule has 1 aliphatic heterocycles. The van der Waals surface area contributed by atoms with Crippen molar-refractivity contribution < 1.29 is 32.6 Å². The number of methoxy groups -OCH3 is 1. The van der Waals surface area contributed by atoms with Crippen LogP contribution in [0, 0.1) is 11.6 Å². The summed E-state index contributed by atoms with van der Waals surface area (Å²) >= 11 is 0. The zero-order valence-corrected chi connectivity index (χ0v) is 21.0. The Morgan fingerprint density at radius 1 is 1.10 bits per heavy atom. The molecule has 0 atom stereocenters. The third-order valence-electron chi connectivity index (χ3n) is 5.76. The second-order valence-corrected chi connectivity index (χ2v) is 8.53. The van der Waals surface area contributed by atoms with Gasteiger partial charge in [-0.3, -0.25) is 9.59 Å². The molecule has 0 aromatic heterocycles. The molecule has 1 aliphatic rings. The molecule has 0 saturated carbocycles. The second kappa shape index (κ2) is 12.0. The fraction of sp³-hybridized carbons (Fsp3) is 0.138. The topological polar surface area (TPSA) is 97.0 Å². The molecule has 39 heavy (non-hydrogen) atoms. The predicted molar refractivity (Wildman–Crippen MR) is 141 cm³/mol. The first-order chi connectivity index (χ1) is 18.8. The van der Waals surface area contributed by atoms with E-state index >= 15 is 0 Å². The molecule has 0 aliphatic carbocycles. The van der Waals surface area contributed by atoms with Gasteiger partial charge < -0.3 is 20.1 Å². The predicted octanol–water partition coefficient (Wildman–Crippen LogP) is 4.81. The lowest BCUT2D eigenvalue weighted by Gasteiger charge is -2.16. The molecule has 10 heteroatoms. The van der Waals surface area contributed by atoms with Crippen LogP contribution in [-0.4, -0.2) is 36.4 Å². The molecular weight excluding hydrogens is 508 g/mol. The highest BCUT2D eigenvalue weighted by Crippen LogP contribution is 2.35. The highest BCUT2D eigenvalue weighted by molar-refractivity contribution is 6.16. The smallest absolute Gasteiger partial charge is 0.329 e. The molecule has 4 rings (SSSR count). The van der Waals surface area contributed by atoms with Crippen molar-refractivity contribution >= 4 is 29.6 Å². The summed E-state index contributed by atoms with van der Waals surface area (Å²) in [4.78, 5) is 38.4. The molecule has 4 amide bonds. The maximum atomic E-state index is 13.8. The summed E-state index contributed by atoms with van der Waals surface area (Å²) in [6, 6.07) is 14.1. The van der Waals surface area contributed by atoms with Gasteiger partial charge in [0.25, 0.3) is 5.91 Å². The fourth-order valence-corrected chi connectivity index (χ4v) is 3.90. The molecule has 200 valence electrons. The highest BCUT2D eigenvalue weighted by Gasteiger charge is 2.35. The molecule has 1 fully saturated rings. The van der Waals surface area contributed by atoms with E-state index in [-0.39, 0.29) is 23.8 Å². The number of nitrogens with one attached hydrogen (secondary N) is 2. The minimum atomic E-state index is -0.785. The Labute approximate surface area is 223 Å². The Hall–Kier alpha value is -4.99. The van der Waals surface area contributed by atoms with Gasteiger partial charge in [-0.2, -0.15) is 0 Å². The lowest BCUT2D eigenvalue weighted by atomic mass is 10.0. The number of ether oxygens (including phenoxy) is 2. The maximum absolute atomic E-state index is 13.8. The first-order valence-corrected chi connectivity index (χ1v) is 11.9. The molecule has 0 unspecified atom stereocenters. The van der Waals surface area contributed by atoms with E-state index < -0.39 is 30.2 Å². The van der Waals surface area contributed by atoms with E-state index in [1.807, 2.05) is 0 Å². The number of imide groups is 1. The fourth-order valence-electron chi connectivity index (χ4n) is 3.90. The summed E-state index contributed by atoms with van der Waals surface area (Å²) in [5.41, 5.74) is 1.88. The normalized spacial score (nSPS) is 13.8. The number of carbonyl (C=O) groups excluding carboxylic acids is 3. The lowest BCUT2D eigenvalue weighted by Crippen LogP contribution is -2.38. The average molecular weight is 534 g/mol. The van der Waals surface area contributed by atoms with Crippen molar-refractivity contribution in [1.29, 1.82) is 0 Å². The third kappa shape index (κ3) is 6.48. The Bertz CT molecular complexity index is 1450. The van der Waals surface area contributed by atoms with E-state index in [4.69, 9.17) is 9.47 Å². The van der Waals surface area contributed by atoms with E-state index in [0.717, 1.165) is 10.5 Å². The summed E-state index contributed by atoms with van der Waals surface area (Å²) in [6.07, 6.45) is 3.54. The Kier molecular flexibility index (Phi) is 8.35. The number of anilines is 1. The second-order valence-electron chi connectivity index (χ2n) is 8.53. The molecule has 1 heterocycles. The average Bonchev–Trinajstić information content (AvgIpc) is 3.17. The summed E-state index contributed by atoms with van der Waals surface area (Å²) in [5, 5.41) is 4.81. The van der Waals surface area contributed by atoms with Crippen LogP contribution >= 0.6 is 0 Å². The first-order valence-electron chi connectivity index (χ1n) is 11.9. The van der Waals surface area contributed by atoms with E-state index in [9.17, 15) is 23.2 Å². The van der Waals surface area contributed by atoms with Crippen LogP contribution in [0.4, 0.5) is 19.3 Å². The summed E-state index contributed by atoms with van der Waals surface area (Å²) in [7, 11) is 1.47. The molecule has 0 spiro atoms. The molecule has 2 N–H and O–H groups in total. The van der Waals surface area contributed by atoms with Crippen LogP contribution in [0.5, 0.6) is 11.5 Å². The third-order valence-corrected chi connectivity index (χ3v) is 5.76. The van der Waals surface area contributed by atoms with Crippen molar-refractivity contribution in [3.63, 3.8) is 0 Å². The SMILES string of the molecule is C=CCc1cc(/C=C2/NC(=O)N(CC(=O)Nc3ccccc3F)C2=O)cc(OC)c1OCc1ccc(F)cc1. The zero-order valence-electron chi connectivity index (χ0n) is 21.0. The quantitative estimate of drug-likeness (QED) is 0.222. The van der Waals surface area contributed by atoms with Gasteiger partial charge >= 0.3 is 6.03 Å². The number of halogens is 2. The standard InChI is InChI=1S/C29H25F2N3O5/c1-3-6-20-13-19(15-25(38-2)27(20)39-17-18-9-11-21(30)12-10-18)14-24-28(36)34(29(37)33-24)16-26(35)32-23-8-5-4-7-22(23)31/h3-5,7-15H,1,6,16-17H2,2H3,(H,32,35)(H,33,37)/b24-14+. The molecule has 0 bridgehead atoms. The molecule has 0 radical (unpaired) electrons. The van der Waals surface area contributed by atoms with Crippen LogP contribution < -0.4 is 20.1 Å². The van der Waals surface area contributed by atoms with Gasteiger partial charge in [0.2, 0.25) is 5.91 Å². The van der Waals surface area contributed by atoms with Gasteiger partial charge in [-0.25, -0.2) is 18.5 Å². The van der Waals surface area contributed by atoms with Crippen molar-refractivity contribution in [2.75, 3.05) is 19.0 Å². The van der Waals surface area contributed by atoms with Crippen LogP contribution in [0.2, 0.25) is 0 Å². The molecule has 3 aromatic carbocycles. The van der Waals surface area contributed by atoms with E-state index in [1.54, 1.807) is 36.4 Å². The van der Waals surface area contributed by atoms with Crippen molar-refractivity contribution in [3.05, 3.63) is 107 Å². The number of rotatable bonds is 10. The lowest BCUT2D eigenvalue weighted by molar-refractivity contribution is -0.127. The minimum Gasteiger partial charge on any atom is -0.493 e. The largest absolute Gasteiger partial charge is 0.493 e. The number of benzene rings is 3. The number of nitrogens with zero attached hydrogens (tertiary/aromatic N) is 1. The Balaban J connectivity index is 1.53. The van der Waals surface area contributed by atoms with Crippen LogP contribution in [0.25, 0.3) is 6.08 Å². The van der Waals surface area contributed by atoms with E-state index in [2.05, 4.69) is 17.2 Å². The minimum absolute atomic E-state index is 0.0507. The van der Waals surface area contributed by atoms with Crippen molar-refractivity contribution in [3.8, 4) is 11.5 Å². The molecular formula is C29H25F2N3O5. The zero-order chi connectivity index (χ0) is 27.9. The van der Waals surface area contributed by atoms with E-state index in [1.165, 1.54) is 43.5 Å². The van der Waals surface area contributed by atoms with Gasteiger partial charge in [0.1, 0.15) is 30.5 Å².